The monoisotopic (exact) mass is 467 g/mol. The van der Waals surface area contributed by atoms with Crippen molar-refractivity contribution < 1.29 is 13.9 Å². The third kappa shape index (κ3) is 5.14. The summed E-state index contributed by atoms with van der Waals surface area (Å²) in [5.41, 5.74) is 8.80. The molecule has 1 heterocycles. The second-order valence-electron chi connectivity index (χ2n) is 6.45. The van der Waals surface area contributed by atoms with Gasteiger partial charge in [0.15, 0.2) is 11.6 Å². The molecular formula is C21H17Cl3FN3O2. The van der Waals surface area contributed by atoms with Crippen molar-refractivity contribution in [1.82, 2.24) is 10.3 Å². The molecule has 3 rings (SSSR count). The Kier molecular flexibility index (Phi) is 7.02. The smallest absolute Gasteiger partial charge is 0.314 e. The minimum absolute atomic E-state index is 0.0997. The van der Waals surface area contributed by atoms with Crippen LogP contribution >= 0.6 is 34.8 Å². The summed E-state index contributed by atoms with van der Waals surface area (Å²) in [4.78, 5) is 15.0. The first-order chi connectivity index (χ1) is 14.3. The zero-order valence-corrected chi connectivity index (χ0v) is 18.0. The van der Waals surface area contributed by atoms with Gasteiger partial charge in [-0.25, -0.2) is 9.37 Å². The van der Waals surface area contributed by atoms with E-state index in [1.807, 2.05) is 24.3 Å². The number of nitrogen functional groups attached to an aromatic ring is 1. The fourth-order valence-electron chi connectivity index (χ4n) is 2.86. The molecule has 2 aromatic carbocycles. The molecule has 3 N–H and O–H groups in total. The van der Waals surface area contributed by atoms with Crippen molar-refractivity contribution in [3.63, 3.8) is 0 Å². The van der Waals surface area contributed by atoms with E-state index in [1.165, 1.54) is 12.1 Å². The van der Waals surface area contributed by atoms with Gasteiger partial charge in [-0.3, -0.25) is 4.79 Å². The SMILES string of the molecule is CC(Oc1cc(-c2ccc(CNC(=O)Cl)cc2)cnc1N)c1c(Cl)ccc(F)c1Cl. The lowest BCUT2D eigenvalue weighted by atomic mass is 10.1. The van der Waals surface area contributed by atoms with E-state index in [2.05, 4.69) is 10.3 Å². The van der Waals surface area contributed by atoms with Crippen LogP contribution in [0.3, 0.4) is 0 Å². The molecule has 1 unspecified atom stereocenters. The molecule has 0 spiro atoms. The van der Waals surface area contributed by atoms with Crippen LogP contribution in [0, 0.1) is 5.82 Å². The quantitative estimate of drug-likeness (QED) is 0.250. The van der Waals surface area contributed by atoms with Crippen LogP contribution in [0.25, 0.3) is 11.1 Å². The summed E-state index contributed by atoms with van der Waals surface area (Å²) < 4.78 is 19.8. The topological polar surface area (TPSA) is 77.2 Å². The largest absolute Gasteiger partial charge is 0.482 e. The van der Waals surface area contributed by atoms with Gasteiger partial charge in [0, 0.05) is 28.9 Å². The van der Waals surface area contributed by atoms with Crippen LogP contribution in [0.4, 0.5) is 15.0 Å². The van der Waals surface area contributed by atoms with Gasteiger partial charge in [0.25, 0.3) is 0 Å². The molecule has 0 aliphatic carbocycles. The number of rotatable bonds is 6. The van der Waals surface area contributed by atoms with Crippen molar-refractivity contribution in [2.24, 2.45) is 0 Å². The number of halogens is 4. The number of aromatic nitrogens is 1. The third-order valence-corrected chi connectivity index (χ3v) is 5.24. The lowest BCUT2D eigenvalue weighted by Gasteiger charge is -2.19. The molecule has 3 aromatic rings. The second-order valence-corrected chi connectivity index (χ2v) is 7.58. The predicted molar refractivity (Wildman–Crippen MR) is 118 cm³/mol. The molecule has 1 aromatic heterocycles. The molecule has 0 aliphatic heterocycles. The number of carbonyl (C=O) groups is 1. The standard InChI is InChI=1S/C21H17Cl3FN3O2/c1-11(18-15(22)6-7-16(25)19(18)23)30-17-8-14(10-27-20(17)26)13-4-2-12(3-5-13)9-28-21(24)29/h2-8,10-11H,9H2,1H3,(H2,26,27)(H,28,29). The van der Waals surface area contributed by atoms with Crippen LogP contribution in [0.2, 0.25) is 10.0 Å². The maximum atomic E-state index is 13.8. The van der Waals surface area contributed by atoms with Crippen LogP contribution in [-0.4, -0.2) is 10.4 Å². The van der Waals surface area contributed by atoms with Crippen molar-refractivity contribution in [2.45, 2.75) is 19.6 Å². The van der Waals surface area contributed by atoms with Crippen molar-refractivity contribution >= 4 is 46.0 Å². The predicted octanol–water partition coefficient (Wildman–Crippen LogP) is 6.37. The summed E-state index contributed by atoms with van der Waals surface area (Å²) in [7, 11) is 0. The van der Waals surface area contributed by atoms with Gasteiger partial charge < -0.3 is 15.8 Å². The fraction of sp³-hybridized carbons (Fsp3) is 0.143. The number of hydrogen-bond acceptors (Lipinski definition) is 4. The first-order valence-corrected chi connectivity index (χ1v) is 9.98. The van der Waals surface area contributed by atoms with Gasteiger partial charge in [0.2, 0.25) is 0 Å². The maximum Gasteiger partial charge on any atom is 0.314 e. The van der Waals surface area contributed by atoms with E-state index in [4.69, 9.17) is 45.3 Å². The van der Waals surface area contributed by atoms with E-state index < -0.39 is 17.3 Å². The molecule has 0 saturated carbocycles. The summed E-state index contributed by atoms with van der Waals surface area (Å²) in [6.45, 7) is 2.02. The van der Waals surface area contributed by atoms with E-state index in [-0.39, 0.29) is 15.9 Å². The molecule has 0 fully saturated rings. The number of amides is 1. The van der Waals surface area contributed by atoms with E-state index >= 15 is 0 Å². The normalized spacial score (nSPS) is 11.8. The number of benzene rings is 2. The van der Waals surface area contributed by atoms with Crippen molar-refractivity contribution in [3.8, 4) is 16.9 Å². The average molecular weight is 469 g/mol. The number of ether oxygens (including phenoxy) is 1. The number of pyridine rings is 1. The van der Waals surface area contributed by atoms with Gasteiger partial charge in [-0.05, 0) is 47.9 Å². The number of nitrogens with zero attached hydrogens (tertiary/aromatic N) is 1. The number of anilines is 1. The molecule has 0 saturated heterocycles. The Morgan fingerprint density at radius 2 is 1.90 bits per heavy atom. The Balaban J connectivity index is 1.84. The van der Waals surface area contributed by atoms with Crippen LogP contribution in [0.1, 0.15) is 24.2 Å². The highest BCUT2D eigenvalue weighted by molar-refractivity contribution is 6.62. The lowest BCUT2D eigenvalue weighted by molar-refractivity contribution is 0.227. The zero-order chi connectivity index (χ0) is 21.8. The van der Waals surface area contributed by atoms with Crippen molar-refractivity contribution in [3.05, 3.63) is 75.7 Å². The Morgan fingerprint density at radius 3 is 2.57 bits per heavy atom. The molecule has 1 amide bonds. The Labute approximate surface area is 187 Å². The van der Waals surface area contributed by atoms with Crippen LogP contribution in [0.15, 0.2) is 48.7 Å². The average Bonchev–Trinajstić information content (AvgIpc) is 2.71. The molecule has 0 radical (unpaired) electrons. The molecular weight excluding hydrogens is 452 g/mol. The van der Waals surface area contributed by atoms with Crippen molar-refractivity contribution in [2.75, 3.05) is 5.73 Å². The third-order valence-electron chi connectivity index (χ3n) is 4.39. The number of carbonyl (C=O) groups excluding carboxylic acids is 1. The molecule has 0 bridgehead atoms. The van der Waals surface area contributed by atoms with Crippen LogP contribution in [0.5, 0.6) is 5.75 Å². The van der Waals surface area contributed by atoms with Gasteiger partial charge in [0.1, 0.15) is 11.9 Å². The molecule has 5 nitrogen and oxygen atoms in total. The summed E-state index contributed by atoms with van der Waals surface area (Å²) in [6, 6.07) is 11.8. The first kappa shape index (κ1) is 22.2. The molecule has 156 valence electrons. The number of hydrogen-bond donors (Lipinski definition) is 2. The fourth-order valence-corrected chi connectivity index (χ4v) is 3.60. The van der Waals surface area contributed by atoms with E-state index in [9.17, 15) is 9.18 Å². The number of nitrogens with two attached hydrogens (primary N) is 1. The minimum Gasteiger partial charge on any atom is -0.482 e. The molecule has 9 heteroatoms. The summed E-state index contributed by atoms with van der Waals surface area (Å²) >= 11 is 17.5. The minimum atomic E-state index is -0.665. The van der Waals surface area contributed by atoms with Gasteiger partial charge in [-0.15, -0.1) is 0 Å². The molecule has 30 heavy (non-hydrogen) atoms. The van der Waals surface area contributed by atoms with Gasteiger partial charge in [0.05, 0.1) is 5.02 Å². The van der Waals surface area contributed by atoms with E-state index in [1.54, 1.807) is 19.2 Å². The first-order valence-electron chi connectivity index (χ1n) is 8.84. The van der Waals surface area contributed by atoms with Crippen LogP contribution in [-0.2, 0) is 6.54 Å². The summed E-state index contributed by atoms with van der Waals surface area (Å²) in [6.07, 6.45) is 0.950. The van der Waals surface area contributed by atoms with Crippen molar-refractivity contribution in [1.29, 1.82) is 0 Å². The highest BCUT2D eigenvalue weighted by atomic mass is 35.5. The molecule has 0 aliphatic rings. The number of nitrogens with one attached hydrogen (secondary N) is 1. The summed E-state index contributed by atoms with van der Waals surface area (Å²) in [5.74, 6) is -0.0950. The maximum absolute atomic E-state index is 13.8. The van der Waals surface area contributed by atoms with E-state index in [0.29, 0.717) is 17.9 Å². The Bertz CT molecular complexity index is 1080. The second kappa shape index (κ2) is 9.51. The Hall–Kier alpha value is -2.54. The highest BCUT2D eigenvalue weighted by Gasteiger charge is 2.20. The molecule has 1 atom stereocenters. The lowest BCUT2D eigenvalue weighted by Crippen LogP contribution is -2.15. The van der Waals surface area contributed by atoms with Crippen LogP contribution < -0.4 is 15.8 Å². The Morgan fingerprint density at radius 1 is 1.20 bits per heavy atom. The van der Waals surface area contributed by atoms with Gasteiger partial charge in [-0.2, -0.15) is 0 Å². The summed E-state index contributed by atoms with van der Waals surface area (Å²) in [5, 5.41) is 2.09. The highest BCUT2D eigenvalue weighted by Crippen LogP contribution is 2.36. The van der Waals surface area contributed by atoms with E-state index in [0.717, 1.165) is 16.7 Å². The zero-order valence-electron chi connectivity index (χ0n) is 15.8. The van der Waals surface area contributed by atoms with Gasteiger partial charge in [-0.1, -0.05) is 47.5 Å². The van der Waals surface area contributed by atoms with Gasteiger partial charge >= 0.3 is 5.37 Å².